The fraction of sp³-hybridized carbons (Fsp3) is 0.545. The summed E-state index contributed by atoms with van der Waals surface area (Å²) in [5.74, 6) is 0.752. The summed E-state index contributed by atoms with van der Waals surface area (Å²) in [6.45, 7) is 7.07. The Hall–Kier alpha value is -3.15. The third-order valence-electron chi connectivity index (χ3n) is 5.19. The lowest BCUT2D eigenvalue weighted by Gasteiger charge is -2.21. The second-order valence-electron chi connectivity index (χ2n) is 8.84. The first-order valence-corrected chi connectivity index (χ1v) is 11.2. The second kappa shape index (κ2) is 10.9. The lowest BCUT2D eigenvalue weighted by Crippen LogP contribution is -2.33. The van der Waals surface area contributed by atoms with E-state index in [2.05, 4.69) is 44.7 Å². The van der Waals surface area contributed by atoms with Crippen molar-refractivity contribution in [3.05, 3.63) is 29.3 Å². The zero-order valence-corrected chi connectivity index (χ0v) is 19.8. The van der Waals surface area contributed by atoms with Crippen LogP contribution in [-0.2, 0) is 0 Å². The van der Waals surface area contributed by atoms with E-state index in [-0.39, 0.29) is 17.6 Å². The van der Waals surface area contributed by atoms with Gasteiger partial charge in [0, 0.05) is 37.4 Å². The number of carbonyl (C=O) groups is 1. The van der Waals surface area contributed by atoms with Crippen LogP contribution in [0.2, 0.25) is 0 Å². The van der Waals surface area contributed by atoms with Gasteiger partial charge in [-0.2, -0.15) is 28.1 Å². The third kappa shape index (κ3) is 7.44. The van der Waals surface area contributed by atoms with E-state index in [4.69, 9.17) is 0 Å². The summed E-state index contributed by atoms with van der Waals surface area (Å²) in [6, 6.07) is 4.81. The topological polar surface area (TPSA) is 107 Å². The largest absolute Gasteiger partial charge is 0.405 e. The highest BCUT2D eigenvalue weighted by molar-refractivity contribution is 5.95. The van der Waals surface area contributed by atoms with Crippen LogP contribution >= 0.6 is 0 Å². The molecule has 4 N–H and O–H groups in total. The molecule has 1 aromatic heterocycles. The van der Waals surface area contributed by atoms with Crippen molar-refractivity contribution in [2.75, 3.05) is 48.8 Å². The minimum absolute atomic E-state index is 0.0962. The van der Waals surface area contributed by atoms with Gasteiger partial charge in [0.2, 0.25) is 17.8 Å². The molecule has 1 aliphatic heterocycles. The average Bonchev–Trinajstić information content (AvgIpc) is 3.25. The molecule has 12 heteroatoms. The van der Waals surface area contributed by atoms with Crippen molar-refractivity contribution in [1.29, 1.82) is 0 Å². The average molecular weight is 481 g/mol. The molecular formula is C22H31F3N8O. The number of aryl methyl sites for hydroxylation is 1. The number of halogens is 3. The molecule has 0 bridgehead atoms. The van der Waals surface area contributed by atoms with Gasteiger partial charge in [-0.3, -0.25) is 4.79 Å². The van der Waals surface area contributed by atoms with Gasteiger partial charge in [0.05, 0.1) is 0 Å². The van der Waals surface area contributed by atoms with Gasteiger partial charge in [0.15, 0.2) is 0 Å². The number of benzene rings is 1. The molecule has 0 unspecified atom stereocenters. The van der Waals surface area contributed by atoms with Gasteiger partial charge in [-0.1, -0.05) is 19.9 Å². The maximum absolute atomic E-state index is 12.5. The zero-order valence-electron chi connectivity index (χ0n) is 19.8. The number of carbonyl (C=O) groups excluding carboxylic acids is 1. The summed E-state index contributed by atoms with van der Waals surface area (Å²) < 4.78 is 37.4. The minimum Gasteiger partial charge on any atom is -0.350 e. The molecule has 1 amide bonds. The van der Waals surface area contributed by atoms with Crippen LogP contribution in [0.25, 0.3) is 0 Å². The van der Waals surface area contributed by atoms with Crippen molar-refractivity contribution in [3.63, 3.8) is 0 Å². The maximum Gasteiger partial charge on any atom is 0.405 e. The van der Waals surface area contributed by atoms with E-state index in [0.717, 1.165) is 31.6 Å². The summed E-state index contributed by atoms with van der Waals surface area (Å²) in [7, 11) is 1.90. The fourth-order valence-corrected chi connectivity index (χ4v) is 3.55. The molecular weight excluding hydrogens is 449 g/mol. The molecule has 2 aromatic rings. The number of hydrogen-bond acceptors (Lipinski definition) is 8. The number of amides is 1. The van der Waals surface area contributed by atoms with Gasteiger partial charge in [0.1, 0.15) is 6.54 Å². The van der Waals surface area contributed by atoms with Gasteiger partial charge in [-0.25, -0.2) is 0 Å². The van der Waals surface area contributed by atoms with Crippen LogP contribution in [0.1, 0.15) is 36.2 Å². The Morgan fingerprint density at radius 2 is 1.97 bits per heavy atom. The molecule has 34 heavy (non-hydrogen) atoms. The molecule has 1 aromatic carbocycles. The number of aromatic nitrogens is 3. The van der Waals surface area contributed by atoms with Gasteiger partial charge in [-0.05, 0) is 43.5 Å². The number of rotatable bonds is 9. The van der Waals surface area contributed by atoms with Crippen LogP contribution in [0.3, 0.4) is 0 Å². The maximum atomic E-state index is 12.5. The van der Waals surface area contributed by atoms with Gasteiger partial charge >= 0.3 is 6.18 Å². The number of anilines is 4. The molecule has 1 fully saturated rings. The predicted molar refractivity (Wildman–Crippen MR) is 126 cm³/mol. The zero-order chi connectivity index (χ0) is 24.9. The van der Waals surface area contributed by atoms with E-state index in [0.29, 0.717) is 23.5 Å². The lowest BCUT2D eigenvalue weighted by molar-refractivity contribution is -0.123. The highest BCUT2D eigenvalue weighted by Gasteiger charge is 2.28. The minimum atomic E-state index is -4.48. The van der Waals surface area contributed by atoms with Crippen molar-refractivity contribution in [3.8, 4) is 0 Å². The quantitative estimate of drug-likeness (QED) is 0.434. The molecule has 0 spiro atoms. The molecule has 1 atom stereocenters. The Kier molecular flexibility index (Phi) is 8.13. The summed E-state index contributed by atoms with van der Waals surface area (Å²) >= 11 is 0. The number of nitrogens with one attached hydrogen (secondary N) is 4. The van der Waals surface area contributed by atoms with Crippen LogP contribution in [0.4, 0.5) is 36.7 Å². The standard InChI is InChI=1S/C22H31F3N8O/c1-13(2)11-33(4)21-31-19(28-16-7-8-26-10-16)30-20(32-21)29-17-9-15(6-5-14(17)3)18(34)27-12-22(23,24)25/h5-6,9,13,16,26H,7-8,10-12H2,1-4H3,(H,27,34)(H2,28,29,30,31,32)/t16-/m0/s1. The second-order valence-corrected chi connectivity index (χ2v) is 8.84. The summed E-state index contributed by atoms with van der Waals surface area (Å²) in [4.78, 5) is 27.7. The first kappa shape index (κ1) is 25.5. The van der Waals surface area contributed by atoms with Crippen molar-refractivity contribution in [1.82, 2.24) is 25.6 Å². The molecule has 3 rings (SSSR count). The van der Waals surface area contributed by atoms with Crippen LogP contribution in [0.5, 0.6) is 0 Å². The highest BCUT2D eigenvalue weighted by atomic mass is 19.4. The van der Waals surface area contributed by atoms with Crippen LogP contribution in [0, 0.1) is 12.8 Å². The SMILES string of the molecule is Cc1ccc(C(=O)NCC(F)(F)F)cc1Nc1nc(N[C@H]2CCNC2)nc(N(C)CC(C)C)n1. The molecule has 0 aliphatic carbocycles. The van der Waals surface area contributed by atoms with E-state index in [1.807, 2.05) is 24.2 Å². The van der Waals surface area contributed by atoms with Gasteiger partial charge in [-0.15, -0.1) is 0 Å². The van der Waals surface area contributed by atoms with Gasteiger partial charge < -0.3 is 26.2 Å². The summed E-state index contributed by atoms with van der Waals surface area (Å²) in [5.41, 5.74) is 1.38. The van der Waals surface area contributed by atoms with Crippen molar-refractivity contribution < 1.29 is 18.0 Å². The molecule has 1 aliphatic rings. The van der Waals surface area contributed by atoms with E-state index < -0.39 is 18.6 Å². The van der Waals surface area contributed by atoms with Crippen molar-refractivity contribution >= 4 is 29.4 Å². The number of nitrogens with zero attached hydrogens (tertiary/aromatic N) is 4. The Bertz CT molecular complexity index is 993. The van der Waals surface area contributed by atoms with E-state index in [1.54, 1.807) is 6.07 Å². The Morgan fingerprint density at radius 1 is 1.24 bits per heavy atom. The normalized spacial score (nSPS) is 15.9. The third-order valence-corrected chi connectivity index (χ3v) is 5.19. The van der Waals surface area contributed by atoms with Crippen LogP contribution in [-0.4, -0.2) is 66.3 Å². The monoisotopic (exact) mass is 480 g/mol. The lowest BCUT2D eigenvalue weighted by atomic mass is 10.1. The summed E-state index contributed by atoms with van der Waals surface area (Å²) in [5, 5.41) is 11.6. The predicted octanol–water partition coefficient (Wildman–Crippen LogP) is 3.08. The molecule has 0 saturated carbocycles. The first-order valence-electron chi connectivity index (χ1n) is 11.2. The smallest absolute Gasteiger partial charge is 0.350 e. The fourth-order valence-electron chi connectivity index (χ4n) is 3.55. The molecule has 0 radical (unpaired) electrons. The van der Waals surface area contributed by atoms with E-state index in [9.17, 15) is 18.0 Å². The van der Waals surface area contributed by atoms with E-state index in [1.165, 1.54) is 12.1 Å². The Labute approximate surface area is 197 Å². The van der Waals surface area contributed by atoms with Crippen LogP contribution < -0.4 is 26.2 Å². The van der Waals surface area contributed by atoms with Crippen molar-refractivity contribution in [2.45, 2.75) is 39.4 Å². The van der Waals surface area contributed by atoms with E-state index >= 15 is 0 Å². The van der Waals surface area contributed by atoms with Crippen LogP contribution in [0.15, 0.2) is 18.2 Å². The molecule has 9 nitrogen and oxygen atoms in total. The van der Waals surface area contributed by atoms with Crippen molar-refractivity contribution in [2.24, 2.45) is 5.92 Å². The number of alkyl halides is 3. The van der Waals surface area contributed by atoms with Gasteiger partial charge in [0.25, 0.3) is 5.91 Å². The molecule has 186 valence electrons. The summed E-state index contributed by atoms with van der Waals surface area (Å²) in [6.07, 6.45) is -3.54. The molecule has 1 saturated heterocycles. The number of hydrogen-bond donors (Lipinski definition) is 4. The Morgan fingerprint density at radius 3 is 2.62 bits per heavy atom. The Balaban J connectivity index is 1.85. The highest BCUT2D eigenvalue weighted by Crippen LogP contribution is 2.23. The molecule has 2 heterocycles. The first-order chi connectivity index (χ1) is 16.0.